The van der Waals surface area contributed by atoms with E-state index in [9.17, 15) is 14.4 Å². The number of carbonyl (C=O) groups excluding carboxylic acids is 1. The standard InChI is InChI=1S/C17H25N5O3Si/c1-16(2,26(4,5)25)8-17(3)7-6-10(23)12(17)22-9-19-11-13(22)20-15(18)21-14(11)24/h6-7,9,12,25H,8H2,1-5H3,(H3,18,20,21,24)/t12-,17+/m1/s1. The van der Waals surface area contributed by atoms with Gasteiger partial charge in [-0.1, -0.05) is 26.8 Å². The molecule has 0 radical (unpaired) electrons. The topological polar surface area (TPSA) is 127 Å². The van der Waals surface area contributed by atoms with Crippen LogP contribution in [0, 0.1) is 5.41 Å². The van der Waals surface area contributed by atoms with Crippen LogP contribution in [0.3, 0.4) is 0 Å². The van der Waals surface area contributed by atoms with Gasteiger partial charge in [0.2, 0.25) is 5.95 Å². The van der Waals surface area contributed by atoms with Crippen LogP contribution < -0.4 is 11.3 Å². The van der Waals surface area contributed by atoms with Gasteiger partial charge in [-0.25, -0.2) is 4.98 Å². The van der Waals surface area contributed by atoms with E-state index in [0.717, 1.165) is 0 Å². The molecule has 0 aromatic carbocycles. The van der Waals surface area contributed by atoms with Crippen LogP contribution in [-0.2, 0) is 4.79 Å². The molecule has 0 spiro atoms. The minimum Gasteiger partial charge on any atom is -0.432 e. The summed E-state index contributed by atoms with van der Waals surface area (Å²) >= 11 is 0. The normalized spacial score (nSPS) is 23.9. The van der Waals surface area contributed by atoms with Crippen molar-refractivity contribution in [2.75, 3.05) is 5.73 Å². The molecule has 0 unspecified atom stereocenters. The Morgan fingerprint density at radius 2 is 2.08 bits per heavy atom. The Labute approximate surface area is 152 Å². The summed E-state index contributed by atoms with van der Waals surface area (Å²) in [6.07, 6.45) is 5.54. The van der Waals surface area contributed by atoms with Gasteiger partial charge >= 0.3 is 0 Å². The largest absolute Gasteiger partial charge is 0.432 e. The Kier molecular flexibility index (Phi) is 4.00. The van der Waals surface area contributed by atoms with Gasteiger partial charge in [-0.3, -0.25) is 14.6 Å². The van der Waals surface area contributed by atoms with Crippen molar-refractivity contribution < 1.29 is 9.59 Å². The minimum atomic E-state index is -2.47. The summed E-state index contributed by atoms with van der Waals surface area (Å²) in [6, 6.07) is -0.586. The predicted molar refractivity (Wildman–Crippen MR) is 102 cm³/mol. The molecular weight excluding hydrogens is 350 g/mol. The third-order valence-electron chi connectivity index (χ3n) is 5.73. The Morgan fingerprint density at radius 3 is 2.69 bits per heavy atom. The number of imidazole rings is 1. The van der Waals surface area contributed by atoms with E-state index < -0.39 is 25.3 Å². The molecule has 0 aliphatic heterocycles. The molecule has 0 saturated carbocycles. The molecule has 0 bridgehead atoms. The summed E-state index contributed by atoms with van der Waals surface area (Å²) in [6.45, 7) is 9.86. The molecule has 0 fully saturated rings. The zero-order valence-corrected chi connectivity index (χ0v) is 16.7. The van der Waals surface area contributed by atoms with Crippen LogP contribution in [0.2, 0.25) is 18.1 Å². The quantitative estimate of drug-likeness (QED) is 0.699. The van der Waals surface area contributed by atoms with E-state index >= 15 is 0 Å². The number of nitrogens with zero attached hydrogens (tertiary/aromatic N) is 3. The number of rotatable bonds is 4. The molecule has 0 saturated heterocycles. The van der Waals surface area contributed by atoms with Crippen LogP contribution in [0.5, 0.6) is 0 Å². The number of hydrogen-bond donors (Lipinski definition) is 3. The number of fused-ring (bicyclic) bond motifs is 1. The lowest BCUT2D eigenvalue weighted by Crippen LogP contribution is -2.43. The van der Waals surface area contributed by atoms with Gasteiger partial charge in [-0.05, 0) is 30.6 Å². The Balaban J connectivity index is 2.12. The van der Waals surface area contributed by atoms with E-state index in [1.807, 2.05) is 39.9 Å². The monoisotopic (exact) mass is 375 g/mol. The molecule has 3 rings (SSSR count). The summed E-state index contributed by atoms with van der Waals surface area (Å²) in [5.74, 6) is -0.103. The molecule has 1 aliphatic carbocycles. The van der Waals surface area contributed by atoms with Gasteiger partial charge < -0.3 is 15.1 Å². The number of hydrogen-bond acceptors (Lipinski definition) is 6. The van der Waals surface area contributed by atoms with Crippen molar-refractivity contribution >= 4 is 31.2 Å². The van der Waals surface area contributed by atoms with Crippen molar-refractivity contribution in [3.8, 4) is 0 Å². The number of H-pyrrole nitrogens is 1. The Hall–Kier alpha value is -2.26. The Bertz CT molecular complexity index is 969. The fourth-order valence-electron chi connectivity index (χ4n) is 3.69. The molecule has 26 heavy (non-hydrogen) atoms. The van der Waals surface area contributed by atoms with Gasteiger partial charge in [0.25, 0.3) is 5.56 Å². The number of ketones is 1. The van der Waals surface area contributed by atoms with E-state index in [4.69, 9.17) is 5.73 Å². The number of nitrogens with one attached hydrogen (secondary N) is 1. The summed E-state index contributed by atoms with van der Waals surface area (Å²) in [5.41, 5.74) is 5.14. The van der Waals surface area contributed by atoms with Gasteiger partial charge in [0.15, 0.2) is 25.3 Å². The first-order valence-corrected chi connectivity index (χ1v) is 11.5. The lowest BCUT2D eigenvalue weighted by molar-refractivity contribution is -0.118. The third-order valence-corrected chi connectivity index (χ3v) is 9.22. The lowest BCUT2D eigenvalue weighted by Gasteiger charge is -2.42. The van der Waals surface area contributed by atoms with Gasteiger partial charge in [-0.2, -0.15) is 4.98 Å². The van der Waals surface area contributed by atoms with E-state index in [1.165, 1.54) is 6.33 Å². The lowest BCUT2D eigenvalue weighted by atomic mass is 9.77. The summed E-state index contributed by atoms with van der Waals surface area (Å²) in [4.78, 5) is 46.2. The maximum absolute atomic E-state index is 12.7. The fourth-order valence-corrected chi connectivity index (χ4v) is 4.50. The van der Waals surface area contributed by atoms with Gasteiger partial charge in [0.1, 0.15) is 6.04 Å². The van der Waals surface area contributed by atoms with Gasteiger partial charge in [0, 0.05) is 5.41 Å². The fraction of sp³-hybridized carbons (Fsp3) is 0.529. The highest BCUT2D eigenvalue weighted by atomic mass is 28.4. The van der Waals surface area contributed by atoms with Crippen LogP contribution in [-0.4, -0.2) is 38.4 Å². The number of nitrogen functional groups attached to an aromatic ring is 1. The summed E-state index contributed by atoms with van der Waals surface area (Å²) in [5, 5.41) is -0.324. The van der Waals surface area contributed by atoms with Crippen LogP contribution in [0.4, 0.5) is 5.95 Å². The second kappa shape index (κ2) is 5.62. The predicted octanol–water partition coefficient (Wildman–Crippen LogP) is 1.76. The van der Waals surface area contributed by atoms with Crippen LogP contribution in [0.15, 0.2) is 23.3 Å². The molecule has 9 heteroatoms. The molecule has 2 heterocycles. The van der Waals surface area contributed by atoms with E-state index in [0.29, 0.717) is 6.42 Å². The number of allylic oxidation sites excluding steroid dienone is 2. The molecule has 8 nitrogen and oxygen atoms in total. The van der Waals surface area contributed by atoms with Gasteiger partial charge in [0.05, 0.1) is 6.33 Å². The zero-order valence-electron chi connectivity index (χ0n) is 15.7. The van der Waals surface area contributed by atoms with Crippen LogP contribution >= 0.6 is 0 Å². The average molecular weight is 376 g/mol. The van der Waals surface area contributed by atoms with Crippen molar-refractivity contribution in [1.29, 1.82) is 0 Å². The first-order valence-electron chi connectivity index (χ1n) is 8.53. The van der Waals surface area contributed by atoms with E-state index in [1.54, 1.807) is 10.6 Å². The van der Waals surface area contributed by atoms with Crippen LogP contribution in [0.25, 0.3) is 11.2 Å². The molecule has 1 aliphatic rings. The molecular formula is C17H25N5O3Si. The summed E-state index contributed by atoms with van der Waals surface area (Å²) < 4.78 is 1.63. The number of aromatic amines is 1. The molecule has 2 atom stereocenters. The first-order chi connectivity index (χ1) is 11.9. The third kappa shape index (κ3) is 2.80. The number of anilines is 1. The van der Waals surface area contributed by atoms with E-state index in [2.05, 4.69) is 15.0 Å². The van der Waals surface area contributed by atoms with Gasteiger partial charge in [-0.15, -0.1) is 0 Å². The smallest absolute Gasteiger partial charge is 0.280 e. The highest BCUT2D eigenvalue weighted by molar-refractivity contribution is 6.72. The number of carbonyl (C=O) groups is 1. The number of nitrogens with two attached hydrogens (primary N) is 1. The van der Waals surface area contributed by atoms with Crippen molar-refractivity contribution in [1.82, 2.24) is 19.5 Å². The number of aromatic nitrogens is 4. The molecule has 0 amide bonds. The first kappa shape index (κ1) is 18.5. The molecule has 4 N–H and O–H groups in total. The van der Waals surface area contributed by atoms with E-state index in [-0.39, 0.29) is 27.9 Å². The highest BCUT2D eigenvalue weighted by Crippen LogP contribution is 2.53. The van der Waals surface area contributed by atoms with Crippen LogP contribution in [0.1, 0.15) is 33.2 Å². The summed E-state index contributed by atoms with van der Waals surface area (Å²) in [7, 11) is -2.47. The maximum Gasteiger partial charge on any atom is 0.280 e. The highest BCUT2D eigenvalue weighted by Gasteiger charge is 2.49. The maximum atomic E-state index is 12.7. The second-order valence-corrected chi connectivity index (χ2v) is 13.0. The molecule has 140 valence electrons. The second-order valence-electron chi connectivity index (χ2n) is 8.54. The molecule has 2 aromatic heterocycles. The van der Waals surface area contributed by atoms with Crippen molar-refractivity contribution in [2.24, 2.45) is 5.41 Å². The zero-order chi connectivity index (χ0) is 19.5. The van der Waals surface area contributed by atoms with Crippen molar-refractivity contribution in [3.05, 3.63) is 28.8 Å². The average Bonchev–Trinajstić information content (AvgIpc) is 2.99. The van der Waals surface area contributed by atoms with Crippen molar-refractivity contribution in [2.45, 2.75) is 51.4 Å². The molecule has 2 aromatic rings. The van der Waals surface area contributed by atoms with Crippen molar-refractivity contribution in [3.63, 3.8) is 0 Å². The Morgan fingerprint density at radius 1 is 1.42 bits per heavy atom. The SMILES string of the molecule is CC(C)(C[C@]1(C)C=CC(=O)[C@H]1n1cnc2c(=O)[nH]c(N)nc21)[Si](C)(C)O. The minimum absolute atomic E-state index is 0.0198.